The first-order chi connectivity index (χ1) is 10.2. The van der Waals surface area contributed by atoms with Crippen LogP contribution >= 0.6 is 0 Å². The summed E-state index contributed by atoms with van der Waals surface area (Å²) in [6.07, 6.45) is 0.0542. The van der Waals surface area contributed by atoms with Crippen molar-refractivity contribution in [1.29, 1.82) is 0 Å². The number of esters is 1. The molecule has 0 saturated heterocycles. The molecule has 1 amide bonds. The van der Waals surface area contributed by atoms with Crippen LogP contribution in [0.3, 0.4) is 0 Å². The summed E-state index contributed by atoms with van der Waals surface area (Å²) < 4.78 is 9.85. The molecule has 0 spiro atoms. The number of rotatable bonds is 4. The van der Waals surface area contributed by atoms with Crippen molar-refractivity contribution in [2.45, 2.75) is 32.4 Å². The Bertz CT molecular complexity index is 545. The second kappa shape index (κ2) is 7.06. The number of aldehydes is 1. The molecule has 6 heteroatoms. The van der Waals surface area contributed by atoms with Crippen LogP contribution in [0, 0.1) is 0 Å². The number of nitrogens with zero attached hydrogens (tertiary/aromatic N) is 1. The molecule has 120 valence electrons. The van der Waals surface area contributed by atoms with Gasteiger partial charge in [-0.2, -0.15) is 0 Å². The molecule has 0 N–H and O–H groups in total. The number of methoxy groups -OCH3 is 1. The maximum Gasteiger partial charge on any atom is 0.410 e. The Kier molecular flexibility index (Phi) is 5.68. The van der Waals surface area contributed by atoms with Gasteiger partial charge in [0.1, 0.15) is 17.9 Å². The van der Waals surface area contributed by atoms with Gasteiger partial charge in [-0.1, -0.05) is 12.1 Å². The van der Waals surface area contributed by atoms with Gasteiger partial charge in [0.25, 0.3) is 0 Å². The molecule has 0 bridgehead atoms. The van der Waals surface area contributed by atoms with Gasteiger partial charge in [-0.15, -0.1) is 0 Å². The van der Waals surface area contributed by atoms with Crippen molar-refractivity contribution < 1.29 is 23.9 Å². The second-order valence-corrected chi connectivity index (χ2v) is 5.79. The van der Waals surface area contributed by atoms with E-state index in [-0.39, 0.29) is 0 Å². The minimum absolute atomic E-state index is 0.371. The molecular weight excluding hydrogens is 286 g/mol. The summed E-state index contributed by atoms with van der Waals surface area (Å²) in [5.41, 5.74) is 0.305. The summed E-state index contributed by atoms with van der Waals surface area (Å²) in [6.45, 7) is 5.25. The lowest BCUT2D eigenvalue weighted by Crippen LogP contribution is -2.37. The van der Waals surface area contributed by atoms with Gasteiger partial charge in [0.15, 0.2) is 0 Å². The highest BCUT2D eigenvalue weighted by molar-refractivity contribution is 5.89. The molecule has 1 atom stereocenters. The van der Waals surface area contributed by atoms with Crippen molar-refractivity contribution in [3.63, 3.8) is 0 Å². The van der Waals surface area contributed by atoms with Gasteiger partial charge in [0.05, 0.1) is 12.7 Å². The molecule has 22 heavy (non-hydrogen) atoms. The summed E-state index contributed by atoms with van der Waals surface area (Å²) in [5, 5.41) is 0. The Morgan fingerprint density at radius 1 is 1.18 bits per heavy atom. The third kappa shape index (κ3) is 4.58. The van der Waals surface area contributed by atoms with Crippen LogP contribution < -0.4 is 0 Å². The smallest absolute Gasteiger partial charge is 0.410 e. The average Bonchev–Trinajstić information content (AvgIpc) is 2.46. The standard InChI is InChI=1S/C16H21NO5/c1-16(2,3)22-15(20)17(4)13(10-18)11-6-8-12(9-7-11)14(19)21-5/h6-10,13H,1-5H3. The van der Waals surface area contributed by atoms with Crippen LogP contribution in [-0.4, -0.2) is 43.0 Å². The zero-order valence-corrected chi connectivity index (χ0v) is 13.5. The number of likely N-dealkylation sites (N-methyl/N-ethyl adjacent to an activating group) is 1. The lowest BCUT2D eigenvalue weighted by Gasteiger charge is -2.28. The first kappa shape index (κ1) is 17.7. The van der Waals surface area contributed by atoms with E-state index in [1.54, 1.807) is 45.0 Å². The maximum absolute atomic E-state index is 12.0. The van der Waals surface area contributed by atoms with Crippen LogP contribution in [0.25, 0.3) is 0 Å². The summed E-state index contributed by atoms with van der Waals surface area (Å²) >= 11 is 0. The molecule has 1 unspecified atom stereocenters. The highest BCUT2D eigenvalue weighted by atomic mass is 16.6. The second-order valence-electron chi connectivity index (χ2n) is 5.79. The molecule has 0 aliphatic carbocycles. The third-order valence-corrected chi connectivity index (χ3v) is 2.90. The molecule has 6 nitrogen and oxygen atoms in total. The molecule has 1 rings (SSSR count). The molecule has 0 radical (unpaired) electrons. The molecule has 0 saturated carbocycles. The van der Waals surface area contributed by atoms with E-state index in [0.29, 0.717) is 17.4 Å². The first-order valence-corrected chi connectivity index (χ1v) is 6.79. The van der Waals surface area contributed by atoms with Crippen molar-refractivity contribution in [1.82, 2.24) is 4.90 Å². The molecule has 0 aromatic heterocycles. The van der Waals surface area contributed by atoms with Crippen molar-refractivity contribution >= 4 is 18.3 Å². The minimum atomic E-state index is -0.790. The van der Waals surface area contributed by atoms with E-state index in [0.717, 1.165) is 0 Å². The average molecular weight is 307 g/mol. The lowest BCUT2D eigenvalue weighted by molar-refractivity contribution is -0.112. The number of carbonyl (C=O) groups excluding carboxylic acids is 3. The maximum atomic E-state index is 12.0. The van der Waals surface area contributed by atoms with Crippen LogP contribution in [0.1, 0.15) is 42.7 Å². The Labute approximate surface area is 130 Å². The Balaban J connectivity index is 2.93. The minimum Gasteiger partial charge on any atom is -0.465 e. The topological polar surface area (TPSA) is 72.9 Å². The van der Waals surface area contributed by atoms with E-state index in [9.17, 15) is 14.4 Å². The fourth-order valence-corrected chi connectivity index (χ4v) is 1.78. The lowest BCUT2D eigenvalue weighted by atomic mass is 10.0. The van der Waals surface area contributed by atoms with Crippen LogP contribution in [0.15, 0.2) is 24.3 Å². The quantitative estimate of drug-likeness (QED) is 0.631. The Morgan fingerprint density at radius 2 is 1.73 bits per heavy atom. The number of benzene rings is 1. The predicted molar refractivity (Wildman–Crippen MR) is 80.6 cm³/mol. The van der Waals surface area contributed by atoms with Gasteiger partial charge in [0, 0.05) is 7.05 Å². The number of amides is 1. The third-order valence-electron chi connectivity index (χ3n) is 2.90. The molecule has 0 heterocycles. The Morgan fingerprint density at radius 3 is 2.14 bits per heavy atom. The van der Waals surface area contributed by atoms with Crippen molar-refractivity contribution in [2.24, 2.45) is 0 Å². The SMILES string of the molecule is COC(=O)c1ccc(C(C=O)N(C)C(=O)OC(C)(C)C)cc1. The summed E-state index contributed by atoms with van der Waals surface area (Å²) in [7, 11) is 2.78. The molecular formula is C16H21NO5. The fourth-order valence-electron chi connectivity index (χ4n) is 1.78. The van der Waals surface area contributed by atoms with Gasteiger partial charge >= 0.3 is 12.1 Å². The van der Waals surface area contributed by atoms with E-state index < -0.39 is 23.7 Å². The zero-order valence-electron chi connectivity index (χ0n) is 13.5. The van der Waals surface area contributed by atoms with Crippen LogP contribution in [0.4, 0.5) is 4.79 Å². The van der Waals surface area contributed by atoms with Crippen LogP contribution in [0.2, 0.25) is 0 Å². The Hall–Kier alpha value is -2.37. The highest BCUT2D eigenvalue weighted by Gasteiger charge is 2.26. The van der Waals surface area contributed by atoms with E-state index in [4.69, 9.17) is 4.74 Å². The summed E-state index contributed by atoms with van der Waals surface area (Å²) in [5.74, 6) is -0.463. The number of hydrogen-bond donors (Lipinski definition) is 0. The van der Waals surface area contributed by atoms with Gasteiger partial charge in [-0.05, 0) is 38.5 Å². The van der Waals surface area contributed by atoms with E-state index in [2.05, 4.69) is 4.74 Å². The zero-order chi connectivity index (χ0) is 16.9. The van der Waals surface area contributed by atoms with Crippen molar-refractivity contribution in [3.05, 3.63) is 35.4 Å². The predicted octanol–water partition coefficient (Wildman–Crippen LogP) is 2.58. The van der Waals surface area contributed by atoms with Crippen molar-refractivity contribution in [2.75, 3.05) is 14.2 Å². The molecule has 1 aromatic rings. The van der Waals surface area contributed by atoms with Gasteiger partial charge < -0.3 is 14.3 Å². The van der Waals surface area contributed by atoms with Crippen molar-refractivity contribution in [3.8, 4) is 0 Å². The first-order valence-electron chi connectivity index (χ1n) is 6.79. The fraction of sp³-hybridized carbons (Fsp3) is 0.438. The summed E-state index contributed by atoms with van der Waals surface area (Å²) in [4.78, 5) is 36.0. The van der Waals surface area contributed by atoms with Gasteiger partial charge in [0.2, 0.25) is 0 Å². The van der Waals surface area contributed by atoms with E-state index in [1.165, 1.54) is 19.1 Å². The monoisotopic (exact) mass is 307 g/mol. The van der Waals surface area contributed by atoms with Gasteiger partial charge in [-0.3, -0.25) is 4.90 Å². The largest absolute Gasteiger partial charge is 0.465 e. The summed E-state index contributed by atoms with van der Waals surface area (Å²) in [6, 6.07) is 5.50. The number of carbonyl (C=O) groups is 3. The van der Waals surface area contributed by atoms with Crippen LogP contribution in [0.5, 0.6) is 0 Å². The normalized spacial score (nSPS) is 12.2. The van der Waals surface area contributed by atoms with Crippen LogP contribution in [-0.2, 0) is 14.3 Å². The van der Waals surface area contributed by atoms with E-state index >= 15 is 0 Å². The molecule has 1 aromatic carbocycles. The molecule has 0 aliphatic rings. The number of hydrogen-bond acceptors (Lipinski definition) is 5. The number of ether oxygens (including phenoxy) is 2. The van der Waals surface area contributed by atoms with E-state index in [1.807, 2.05) is 0 Å². The van der Waals surface area contributed by atoms with Gasteiger partial charge in [-0.25, -0.2) is 9.59 Å². The highest BCUT2D eigenvalue weighted by Crippen LogP contribution is 2.20. The molecule has 0 fully saturated rings. The molecule has 0 aliphatic heterocycles.